The average Bonchev–Trinajstić information content (AvgIpc) is 3.52. The first-order valence-electron chi connectivity index (χ1n) is 10.9. The normalized spacial score (nSPS) is 14.2. The number of morpholine rings is 1. The molecule has 0 N–H and O–H groups in total. The van der Waals surface area contributed by atoms with Gasteiger partial charge in [-0.15, -0.1) is 0 Å². The van der Waals surface area contributed by atoms with Gasteiger partial charge >= 0.3 is 0 Å². The van der Waals surface area contributed by atoms with Crippen molar-refractivity contribution < 1.29 is 4.74 Å². The summed E-state index contributed by atoms with van der Waals surface area (Å²) in [6.45, 7) is 4.92. The SMILES string of the molecule is Cc1cccc(-c2ccn(-c3cc(N4CCOCC4)n4nc(-c5cccnc5)cc4n3)n2)n1. The van der Waals surface area contributed by atoms with E-state index in [4.69, 9.17) is 19.9 Å². The van der Waals surface area contributed by atoms with Gasteiger partial charge in [0.05, 0.1) is 24.6 Å². The van der Waals surface area contributed by atoms with Crippen LogP contribution in [0.3, 0.4) is 0 Å². The van der Waals surface area contributed by atoms with Crippen LogP contribution in [0.2, 0.25) is 0 Å². The number of rotatable bonds is 4. The molecule has 0 saturated carbocycles. The first-order chi connectivity index (χ1) is 16.2. The second kappa shape index (κ2) is 8.10. The highest BCUT2D eigenvalue weighted by Crippen LogP contribution is 2.25. The summed E-state index contributed by atoms with van der Waals surface area (Å²) in [6.07, 6.45) is 5.48. The van der Waals surface area contributed by atoms with Gasteiger partial charge in [0.1, 0.15) is 11.5 Å². The standard InChI is InChI=1S/C24H22N8O/c1-17-4-2-6-19(26-17)20-7-9-31(28-20)22-15-24(30-10-12-33-13-11-30)32-23(27-22)14-21(29-32)18-5-3-8-25-16-18/h2-9,14-16H,10-13H2,1H3. The fourth-order valence-electron chi connectivity index (χ4n) is 4.01. The number of aryl methyl sites for hydroxylation is 1. The Labute approximate surface area is 190 Å². The molecule has 1 fully saturated rings. The highest BCUT2D eigenvalue weighted by molar-refractivity contribution is 5.66. The zero-order valence-corrected chi connectivity index (χ0v) is 18.2. The van der Waals surface area contributed by atoms with Crippen LogP contribution in [0, 0.1) is 6.92 Å². The van der Waals surface area contributed by atoms with Gasteiger partial charge in [-0.1, -0.05) is 6.07 Å². The summed E-state index contributed by atoms with van der Waals surface area (Å²) in [7, 11) is 0. The number of pyridine rings is 2. The summed E-state index contributed by atoms with van der Waals surface area (Å²) < 4.78 is 9.25. The predicted octanol–water partition coefficient (Wildman–Crippen LogP) is 3.18. The Morgan fingerprint density at radius 3 is 2.61 bits per heavy atom. The second-order valence-electron chi connectivity index (χ2n) is 7.92. The number of anilines is 1. The molecule has 1 aliphatic rings. The van der Waals surface area contributed by atoms with Gasteiger partial charge in [-0.3, -0.25) is 9.97 Å². The molecule has 0 aromatic carbocycles. The molecule has 9 nitrogen and oxygen atoms in total. The van der Waals surface area contributed by atoms with Crippen molar-refractivity contribution in [1.82, 2.24) is 34.3 Å². The lowest BCUT2D eigenvalue weighted by Crippen LogP contribution is -2.37. The molecule has 0 radical (unpaired) electrons. The summed E-state index contributed by atoms with van der Waals surface area (Å²) in [5.41, 5.74) is 5.12. The first kappa shape index (κ1) is 19.6. The van der Waals surface area contributed by atoms with Crippen molar-refractivity contribution in [2.75, 3.05) is 31.2 Å². The molecule has 6 rings (SSSR count). The molecular weight excluding hydrogens is 416 g/mol. The molecule has 0 bridgehead atoms. The summed E-state index contributed by atoms with van der Waals surface area (Å²) in [6, 6.07) is 15.8. The minimum Gasteiger partial charge on any atom is -0.378 e. The number of hydrogen-bond donors (Lipinski definition) is 0. The molecule has 0 unspecified atom stereocenters. The van der Waals surface area contributed by atoms with Gasteiger partial charge < -0.3 is 9.64 Å². The van der Waals surface area contributed by atoms with E-state index in [1.165, 1.54) is 0 Å². The molecule has 9 heteroatoms. The molecule has 5 aromatic heterocycles. The molecule has 1 saturated heterocycles. The van der Waals surface area contributed by atoms with E-state index in [2.05, 4.69) is 14.9 Å². The number of hydrogen-bond acceptors (Lipinski definition) is 7. The highest BCUT2D eigenvalue weighted by Gasteiger charge is 2.19. The van der Waals surface area contributed by atoms with Gasteiger partial charge in [-0.05, 0) is 37.3 Å². The smallest absolute Gasteiger partial charge is 0.160 e. The van der Waals surface area contributed by atoms with E-state index < -0.39 is 0 Å². The molecule has 1 aliphatic heterocycles. The van der Waals surface area contributed by atoms with E-state index in [-0.39, 0.29) is 0 Å². The number of aromatic nitrogens is 7. The van der Waals surface area contributed by atoms with Crippen molar-refractivity contribution in [1.29, 1.82) is 0 Å². The predicted molar refractivity (Wildman–Crippen MR) is 124 cm³/mol. The molecule has 0 spiro atoms. The van der Waals surface area contributed by atoms with Crippen molar-refractivity contribution >= 4 is 11.5 Å². The maximum Gasteiger partial charge on any atom is 0.160 e. The van der Waals surface area contributed by atoms with E-state index in [0.717, 1.165) is 58.7 Å². The lowest BCUT2D eigenvalue weighted by molar-refractivity contribution is 0.122. The molecule has 0 atom stereocenters. The zero-order valence-electron chi connectivity index (χ0n) is 18.2. The zero-order chi connectivity index (χ0) is 22.2. The first-order valence-corrected chi connectivity index (χ1v) is 10.9. The van der Waals surface area contributed by atoms with Gasteiger partial charge in [0, 0.05) is 55.1 Å². The van der Waals surface area contributed by atoms with Gasteiger partial charge in [-0.25, -0.2) is 9.67 Å². The summed E-state index contributed by atoms with van der Waals surface area (Å²) in [5.74, 6) is 1.68. The molecule has 164 valence electrons. The monoisotopic (exact) mass is 438 g/mol. The number of nitrogens with zero attached hydrogens (tertiary/aromatic N) is 8. The largest absolute Gasteiger partial charge is 0.378 e. The Morgan fingerprint density at radius 2 is 1.79 bits per heavy atom. The van der Waals surface area contributed by atoms with Gasteiger partial charge in [0.2, 0.25) is 0 Å². The van der Waals surface area contributed by atoms with Gasteiger partial charge in [0.25, 0.3) is 0 Å². The van der Waals surface area contributed by atoms with E-state index in [9.17, 15) is 0 Å². The van der Waals surface area contributed by atoms with Crippen molar-refractivity contribution in [2.24, 2.45) is 0 Å². The fourth-order valence-corrected chi connectivity index (χ4v) is 4.01. The van der Waals surface area contributed by atoms with Crippen LogP contribution in [-0.4, -0.2) is 60.6 Å². The quantitative estimate of drug-likeness (QED) is 0.426. The van der Waals surface area contributed by atoms with Crippen LogP contribution < -0.4 is 4.90 Å². The van der Waals surface area contributed by atoms with Crippen LogP contribution in [0.15, 0.2) is 67.1 Å². The summed E-state index contributed by atoms with van der Waals surface area (Å²) >= 11 is 0. The maximum absolute atomic E-state index is 5.56. The van der Waals surface area contributed by atoms with Crippen molar-refractivity contribution in [3.05, 3.63) is 72.8 Å². The third-order valence-electron chi connectivity index (χ3n) is 5.66. The molecule has 6 heterocycles. The number of ether oxygens (including phenoxy) is 1. The molecule has 5 aromatic rings. The maximum atomic E-state index is 5.56. The number of fused-ring (bicyclic) bond motifs is 1. The van der Waals surface area contributed by atoms with Crippen LogP contribution >= 0.6 is 0 Å². The Balaban J connectivity index is 1.47. The third-order valence-corrected chi connectivity index (χ3v) is 5.66. The fraction of sp³-hybridized carbons (Fsp3) is 0.208. The second-order valence-corrected chi connectivity index (χ2v) is 7.92. The van der Waals surface area contributed by atoms with E-state index in [0.29, 0.717) is 13.2 Å². The average molecular weight is 438 g/mol. The lowest BCUT2D eigenvalue weighted by atomic mass is 10.2. The van der Waals surface area contributed by atoms with Crippen LogP contribution in [0.5, 0.6) is 0 Å². The third kappa shape index (κ3) is 3.72. The van der Waals surface area contributed by atoms with E-state index >= 15 is 0 Å². The van der Waals surface area contributed by atoms with Gasteiger partial charge in [-0.2, -0.15) is 14.7 Å². The Kier molecular flexibility index (Phi) is 4.80. The minimum absolute atomic E-state index is 0.681. The molecule has 33 heavy (non-hydrogen) atoms. The Bertz CT molecular complexity index is 1420. The van der Waals surface area contributed by atoms with Crippen LogP contribution in [0.4, 0.5) is 5.82 Å². The summed E-state index contributed by atoms with van der Waals surface area (Å²) in [5, 5.41) is 9.61. The molecule has 0 aliphatic carbocycles. The van der Waals surface area contributed by atoms with Crippen LogP contribution in [-0.2, 0) is 4.74 Å². The van der Waals surface area contributed by atoms with Crippen molar-refractivity contribution in [3.8, 4) is 28.5 Å². The Hall–Kier alpha value is -4.11. The Morgan fingerprint density at radius 1 is 0.879 bits per heavy atom. The topological polar surface area (TPSA) is 86.3 Å². The lowest BCUT2D eigenvalue weighted by Gasteiger charge is -2.29. The van der Waals surface area contributed by atoms with Crippen LogP contribution in [0.25, 0.3) is 34.1 Å². The minimum atomic E-state index is 0.681. The van der Waals surface area contributed by atoms with E-state index in [1.54, 1.807) is 10.9 Å². The molecular formula is C24H22N8O. The summed E-state index contributed by atoms with van der Waals surface area (Å²) in [4.78, 5) is 16.0. The van der Waals surface area contributed by atoms with Gasteiger partial charge in [0.15, 0.2) is 11.5 Å². The highest BCUT2D eigenvalue weighted by atomic mass is 16.5. The van der Waals surface area contributed by atoms with Crippen molar-refractivity contribution in [3.63, 3.8) is 0 Å². The van der Waals surface area contributed by atoms with Crippen molar-refractivity contribution in [2.45, 2.75) is 6.92 Å². The van der Waals surface area contributed by atoms with Crippen LogP contribution in [0.1, 0.15) is 5.69 Å². The molecule has 0 amide bonds. The van der Waals surface area contributed by atoms with E-state index in [1.807, 2.05) is 72.4 Å².